The van der Waals surface area contributed by atoms with Gasteiger partial charge in [0.2, 0.25) is 0 Å². The van der Waals surface area contributed by atoms with E-state index in [4.69, 9.17) is 10.5 Å². The molecule has 2 atom stereocenters. The summed E-state index contributed by atoms with van der Waals surface area (Å²) in [7, 11) is 0. The number of anilines is 2. The summed E-state index contributed by atoms with van der Waals surface area (Å²) in [5.74, 6) is 0.407. The van der Waals surface area contributed by atoms with Crippen LogP contribution in [0.2, 0.25) is 0 Å². The minimum Gasteiger partial charge on any atom is -0.465 e. The molecule has 2 aliphatic heterocycles. The molecular weight excluding hydrogens is 484 g/mol. The summed E-state index contributed by atoms with van der Waals surface area (Å²) >= 11 is 0. The lowest BCUT2D eigenvalue weighted by atomic mass is 10.0. The van der Waals surface area contributed by atoms with Crippen molar-refractivity contribution < 1.29 is 14.6 Å². The Morgan fingerprint density at radius 2 is 1.82 bits per heavy atom. The number of amides is 1. The second kappa shape index (κ2) is 9.64. The van der Waals surface area contributed by atoms with E-state index < -0.39 is 6.09 Å². The van der Waals surface area contributed by atoms with Crippen molar-refractivity contribution in [3.05, 3.63) is 48.9 Å². The van der Waals surface area contributed by atoms with Crippen molar-refractivity contribution >= 4 is 23.1 Å². The molecule has 3 N–H and O–H groups in total. The van der Waals surface area contributed by atoms with Crippen LogP contribution >= 0.6 is 0 Å². The standard InChI is InChI=1S/C27H32N8O3/c1-17-14-32(27(36)37)15-18(2)33(17)21-5-3-4-19(12-21)24-13-22(25-26(28)29-16-31-35(24)25)23-6-9-30-34(23)20-7-10-38-11-8-20/h3-6,9,12-13,16-18,20H,7-8,10-11,14-15H2,1-2H3,(H,36,37)(H2,28,29,31). The van der Waals surface area contributed by atoms with Gasteiger partial charge in [0.15, 0.2) is 5.82 Å². The topological polar surface area (TPSA) is 127 Å². The van der Waals surface area contributed by atoms with E-state index in [-0.39, 0.29) is 18.1 Å². The third-order valence-corrected chi connectivity index (χ3v) is 7.70. The van der Waals surface area contributed by atoms with E-state index in [2.05, 4.69) is 62.9 Å². The maximum atomic E-state index is 11.6. The summed E-state index contributed by atoms with van der Waals surface area (Å²) < 4.78 is 9.50. The lowest BCUT2D eigenvalue weighted by Gasteiger charge is -2.45. The van der Waals surface area contributed by atoms with Crippen LogP contribution < -0.4 is 10.6 Å². The second-order valence-corrected chi connectivity index (χ2v) is 10.2. The summed E-state index contributed by atoms with van der Waals surface area (Å²) in [6.45, 7) is 6.50. The molecule has 0 saturated carbocycles. The first kappa shape index (κ1) is 24.2. The number of benzene rings is 1. The molecule has 11 nitrogen and oxygen atoms in total. The van der Waals surface area contributed by atoms with Crippen LogP contribution in [0, 0.1) is 0 Å². The number of nitrogens with zero attached hydrogens (tertiary/aromatic N) is 7. The molecule has 2 fully saturated rings. The lowest BCUT2D eigenvalue weighted by molar-refractivity contribution is 0.0667. The highest BCUT2D eigenvalue weighted by atomic mass is 16.5. The maximum Gasteiger partial charge on any atom is 0.407 e. The highest BCUT2D eigenvalue weighted by molar-refractivity contribution is 5.91. The Kier molecular flexibility index (Phi) is 6.15. The zero-order valence-electron chi connectivity index (χ0n) is 21.6. The van der Waals surface area contributed by atoms with E-state index in [9.17, 15) is 9.90 Å². The van der Waals surface area contributed by atoms with Gasteiger partial charge in [-0.1, -0.05) is 12.1 Å². The lowest BCUT2D eigenvalue weighted by Crippen LogP contribution is -2.58. The molecule has 5 heterocycles. The Morgan fingerprint density at radius 1 is 1.05 bits per heavy atom. The van der Waals surface area contributed by atoms with Gasteiger partial charge in [-0.15, -0.1) is 0 Å². The van der Waals surface area contributed by atoms with Crippen LogP contribution in [0.1, 0.15) is 32.7 Å². The molecule has 0 spiro atoms. The molecule has 3 aromatic heterocycles. The summed E-state index contributed by atoms with van der Waals surface area (Å²) in [5.41, 5.74) is 12.0. The molecule has 2 unspecified atom stereocenters. The van der Waals surface area contributed by atoms with Gasteiger partial charge >= 0.3 is 6.09 Å². The Hall–Kier alpha value is -4.12. The molecule has 0 aliphatic carbocycles. The van der Waals surface area contributed by atoms with E-state index in [1.54, 1.807) is 0 Å². The predicted octanol–water partition coefficient (Wildman–Crippen LogP) is 3.77. The van der Waals surface area contributed by atoms with Gasteiger partial charge in [0.25, 0.3) is 0 Å². The van der Waals surface area contributed by atoms with E-state index in [0.29, 0.717) is 18.9 Å². The highest BCUT2D eigenvalue weighted by Gasteiger charge is 2.32. The first-order valence-corrected chi connectivity index (χ1v) is 13.0. The van der Waals surface area contributed by atoms with E-state index >= 15 is 0 Å². The zero-order valence-corrected chi connectivity index (χ0v) is 21.6. The third-order valence-electron chi connectivity index (χ3n) is 7.70. The maximum absolute atomic E-state index is 11.6. The van der Waals surface area contributed by atoms with Crippen molar-refractivity contribution in [1.82, 2.24) is 29.3 Å². The van der Waals surface area contributed by atoms with E-state index in [1.807, 2.05) is 22.8 Å². The predicted molar refractivity (Wildman–Crippen MR) is 144 cm³/mol. The largest absolute Gasteiger partial charge is 0.465 e. The molecule has 38 heavy (non-hydrogen) atoms. The van der Waals surface area contributed by atoms with Crippen LogP contribution in [0.15, 0.2) is 48.9 Å². The van der Waals surface area contributed by atoms with Crippen LogP contribution in [-0.4, -0.2) is 78.9 Å². The Balaban J connectivity index is 1.43. The summed E-state index contributed by atoms with van der Waals surface area (Å²) in [4.78, 5) is 19.7. The Bertz CT molecular complexity index is 1460. The van der Waals surface area contributed by atoms with Gasteiger partial charge in [0.1, 0.15) is 11.8 Å². The first-order valence-electron chi connectivity index (χ1n) is 13.0. The van der Waals surface area contributed by atoms with Gasteiger partial charge in [-0.05, 0) is 51.0 Å². The second-order valence-electron chi connectivity index (χ2n) is 10.2. The fourth-order valence-electron chi connectivity index (χ4n) is 6.03. The SMILES string of the molecule is CC1CN(C(=O)O)CC(C)N1c1cccc(-c2cc(-c3ccnn3C3CCOCC3)c3c(N)ncnn23)c1. The number of aromatic nitrogens is 5. The molecule has 11 heteroatoms. The summed E-state index contributed by atoms with van der Waals surface area (Å²) in [6, 6.07) is 12.8. The average molecular weight is 517 g/mol. The van der Waals surface area contributed by atoms with Gasteiger partial charge in [-0.2, -0.15) is 10.2 Å². The molecular formula is C27H32N8O3. The van der Waals surface area contributed by atoms with Crippen molar-refractivity contribution in [2.75, 3.05) is 36.9 Å². The number of piperazine rings is 1. The van der Waals surface area contributed by atoms with Crippen LogP contribution in [0.25, 0.3) is 28.0 Å². The monoisotopic (exact) mass is 516 g/mol. The molecule has 4 aromatic rings. The molecule has 198 valence electrons. The summed E-state index contributed by atoms with van der Waals surface area (Å²) in [5, 5.41) is 18.7. The molecule has 0 radical (unpaired) electrons. The first-order chi connectivity index (χ1) is 18.4. The minimum absolute atomic E-state index is 0.0384. The third kappa shape index (κ3) is 4.12. The van der Waals surface area contributed by atoms with Crippen LogP contribution in [0.4, 0.5) is 16.3 Å². The number of rotatable bonds is 4. The molecule has 0 bridgehead atoms. The quantitative estimate of drug-likeness (QED) is 0.420. The van der Waals surface area contributed by atoms with Crippen LogP contribution in [0.5, 0.6) is 0 Å². The van der Waals surface area contributed by atoms with Gasteiger partial charge < -0.3 is 25.4 Å². The smallest absolute Gasteiger partial charge is 0.407 e. The molecule has 2 aliphatic rings. The van der Waals surface area contributed by atoms with Crippen molar-refractivity contribution in [2.45, 2.75) is 44.8 Å². The number of carboxylic acid groups (broad SMARTS) is 1. The van der Waals surface area contributed by atoms with E-state index in [1.165, 1.54) is 11.2 Å². The van der Waals surface area contributed by atoms with Crippen molar-refractivity contribution in [1.29, 1.82) is 0 Å². The molecule has 6 rings (SSSR count). The normalized spacial score (nSPS) is 20.8. The zero-order chi connectivity index (χ0) is 26.4. The molecule has 1 aromatic carbocycles. The fourth-order valence-corrected chi connectivity index (χ4v) is 6.03. The number of fused-ring (bicyclic) bond motifs is 1. The Labute approximate surface area is 220 Å². The van der Waals surface area contributed by atoms with Crippen LogP contribution in [0.3, 0.4) is 0 Å². The number of nitrogen functional groups attached to an aromatic ring is 1. The van der Waals surface area contributed by atoms with Crippen LogP contribution in [-0.2, 0) is 4.74 Å². The molecule has 2 saturated heterocycles. The van der Waals surface area contributed by atoms with Gasteiger partial charge in [0.05, 0.1) is 17.4 Å². The number of nitrogens with two attached hydrogens (primary N) is 1. The van der Waals surface area contributed by atoms with Gasteiger partial charge in [0, 0.05) is 61.4 Å². The highest BCUT2D eigenvalue weighted by Crippen LogP contribution is 2.38. The Morgan fingerprint density at radius 3 is 2.55 bits per heavy atom. The fraction of sp³-hybridized carbons (Fsp3) is 0.407. The number of ether oxygens (including phenoxy) is 1. The van der Waals surface area contributed by atoms with Gasteiger partial charge in [-0.25, -0.2) is 14.3 Å². The van der Waals surface area contributed by atoms with E-state index in [0.717, 1.165) is 59.8 Å². The summed E-state index contributed by atoms with van der Waals surface area (Å²) in [6.07, 6.45) is 4.25. The number of hydrogen-bond acceptors (Lipinski definition) is 7. The average Bonchev–Trinajstić information content (AvgIpc) is 3.55. The number of hydrogen-bond donors (Lipinski definition) is 2. The molecule has 1 amide bonds. The van der Waals surface area contributed by atoms with Crippen molar-refractivity contribution in [3.63, 3.8) is 0 Å². The van der Waals surface area contributed by atoms with Gasteiger partial charge in [-0.3, -0.25) is 4.68 Å². The van der Waals surface area contributed by atoms with Crippen molar-refractivity contribution in [2.24, 2.45) is 0 Å². The number of carbonyl (C=O) groups is 1. The minimum atomic E-state index is -0.874. The van der Waals surface area contributed by atoms with Crippen molar-refractivity contribution in [3.8, 4) is 22.5 Å².